The van der Waals surface area contributed by atoms with Crippen LogP contribution in [0.1, 0.15) is 32.1 Å². The van der Waals surface area contributed by atoms with Gasteiger partial charge in [-0.25, -0.2) is 9.59 Å². The van der Waals surface area contributed by atoms with Gasteiger partial charge in [0.2, 0.25) is 0 Å². The average molecular weight is 314 g/mol. The first-order chi connectivity index (χ1) is 10.1. The van der Waals surface area contributed by atoms with Gasteiger partial charge in [-0.05, 0) is 38.0 Å². The lowest BCUT2D eigenvalue weighted by atomic mass is 9.91. The molecule has 3 aliphatic rings. The first-order valence-electron chi connectivity index (χ1n) is 7.67. The second-order valence-electron chi connectivity index (χ2n) is 6.11. The molecule has 1 heterocycles. The van der Waals surface area contributed by atoms with Crippen LogP contribution in [-0.2, 0) is 4.79 Å². The summed E-state index contributed by atoms with van der Waals surface area (Å²) in [6, 6.07) is -0.748. The Morgan fingerprint density at radius 1 is 1.24 bits per heavy atom. The normalized spacial score (nSPS) is 29.3. The third-order valence-electron chi connectivity index (χ3n) is 4.67. The van der Waals surface area contributed by atoms with Gasteiger partial charge in [-0.3, -0.25) is 4.90 Å². The average Bonchev–Trinajstić information content (AvgIpc) is 3.13. The van der Waals surface area contributed by atoms with Crippen molar-refractivity contribution in [2.24, 2.45) is 5.92 Å². The molecule has 2 N–H and O–H groups in total. The number of carboxylic acid groups (broad SMARTS) is 1. The summed E-state index contributed by atoms with van der Waals surface area (Å²) in [7, 11) is 0. The zero-order valence-electron chi connectivity index (χ0n) is 12.0. The van der Waals surface area contributed by atoms with Gasteiger partial charge in [-0.2, -0.15) is 0 Å². The molecule has 0 radical (unpaired) electrons. The van der Waals surface area contributed by atoms with Crippen molar-refractivity contribution in [3.05, 3.63) is 0 Å². The number of rotatable bonds is 5. The van der Waals surface area contributed by atoms with Crippen LogP contribution in [0.25, 0.3) is 0 Å². The van der Waals surface area contributed by atoms with Crippen molar-refractivity contribution in [3.63, 3.8) is 0 Å². The van der Waals surface area contributed by atoms with E-state index in [-0.39, 0.29) is 24.1 Å². The Morgan fingerprint density at radius 3 is 2.43 bits per heavy atom. The van der Waals surface area contributed by atoms with Crippen LogP contribution in [0.5, 0.6) is 0 Å². The molecule has 3 fully saturated rings. The van der Waals surface area contributed by atoms with E-state index in [1.165, 1.54) is 0 Å². The Balaban J connectivity index is 1.78. The lowest BCUT2D eigenvalue weighted by Gasteiger charge is -2.41. The zero-order valence-corrected chi connectivity index (χ0v) is 12.8. The number of carbonyl (C=O) groups is 2. The molecule has 0 aromatic carbocycles. The van der Waals surface area contributed by atoms with Crippen molar-refractivity contribution < 1.29 is 19.8 Å². The molecule has 0 bridgehead atoms. The smallest absolute Gasteiger partial charge is 0.327 e. The molecule has 2 atom stereocenters. The van der Waals surface area contributed by atoms with Gasteiger partial charge in [0.1, 0.15) is 6.04 Å². The molecule has 2 unspecified atom stereocenters. The molecular weight excluding hydrogens is 292 g/mol. The summed E-state index contributed by atoms with van der Waals surface area (Å²) in [6.07, 6.45) is 5.18. The minimum atomic E-state index is -0.920. The van der Waals surface area contributed by atoms with Crippen LogP contribution in [0.15, 0.2) is 0 Å². The first kappa shape index (κ1) is 15.0. The molecule has 2 aliphatic carbocycles. The van der Waals surface area contributed by atoms with Gasteiger partial charge in [0.05, 0.1) is 12.0 Å². The van der Waals surface area contributed by atoms with Gasteiger partial charge >= 0.3 is 12.0 Å². The molecule has 1 saturated heterocycles. The zero-order chi connectivity index (χ0) is 15.0. The Labute approximate surface area is 128 Å². The van der Waals surface area contributed by atoms with E-state index in [4.69, 9.17) is 0 Å². The predicted molar refractivity (Wildman–Crippen MR) is 79.1 cm³/mol. The highest BCUT2D eigenvalue weighted by Crippen LogP contribution is 2.46. The van der Waals surface area contributed by atoms with E-state index < -0.39 is 12.0 Å². The van der Waals surface area contributed by atoms with E-state index in [0.717, 1.165) is 32.1 Å². The van der Waals surface area contributed by atoms with Crippen molar-refractivity contribution in [1.82, 2.24) is 9.80 Å². The summed E-state index contributed by atoms with van der Waals surface area (Å²) >= 11 is 1.59. The minimum absolute atomic E-state index is 0.000121. The molecule has 0 spiro atoms. The summed E-state index contributed by atoms with van der Waals surface area (Å²) in [5.74, 6) is -0.00270. The SMILES string of the molecule is O=C(O)C1CSC(C2CC2)N1C(=O)N(CCO)C1CCC1. The van der Waals surface area contributed by atoms with Crippen molar-refractivity contribution in [2.75, 3.05) is 18.9 Å². The molecule has 118 valence electrons. The molecule has 21 heavy (non-hydrogen) atoms. The number of aliphatic hydroxyl groups is 1. The van der Waals surface area contributed by atoms with Gasteiger partial charge < -0.3 is 15.1 Å². The number of hydrogen-bond acceptors (Lipinski definition) is 4. The van der Waals surface area contributed by atoms with Gasteiger partial charge in [0.25, 0.3) is 0 Å². The number of urea groups is 1. The molecule has 6 nitrogen and oxygen atoms in total. The standard InChI is InChI=1S/C14H22N2O4S/c17-7-6-15(10-2-1-3-10)14(20)16-11(13(18)19)8-21-12(16)9-4-5-9/h9-12,17H,1-8H2,(H,18,19). The Hall–Kier alpha value is -0.950. The Kier molecular flexibility index (Phi) is 4.31. The summed E-state index contributed by atoms with van der Waals surface area (Å²) in [5.41, 5.74) is 0. The molecule has 7 heteroatoms. The molecule has 2 saturated carbocycles. The Bertz CT molecular complexity index is 425. The van der Waals surface area contributed by atoms with Gasteiger partial charge in [0, 0.05) is 18.3 Å². The summed E-state index contributed by atoms with van der Waals surface area (Å²) in [4.78, 5) is 27.6. The number of aliphatic hydroxyl groups excluding tert-OH is 1. The van der Waals surface area contributed by atoms with E-state index in [9.17, 15) is 19.8 Å². The quantitative estimate of drug-likeness (QED) is 0.797. The highest BCUT2D eigenvalue weighted by atomic mass is 32.2. The fourth-order valence-electron chi connectivity index (χ4n) is 3.09. The van der Waals surface area contributed by atoms with Crippen LogP contribution in [0.2, 0.25) is 0 Å². The van der Waals surface area contributed by atoms with Gasteiger partial charge in [-0.15, -0.1) is 11.8 Å². The van der Waals surface area contributed by atoms with E-state index in [1.807, 2.05) is 0 Å². The minimum Gasteiger partial charge on any atom is -0.480 e. The summed E-state index contributed by atoms with van der Waals surface area (Å²) in [6.45, 7) is 0.226. The number of aliphatic carboxylic acids is 1. The highest BCUT2D eigenvalue weighted by molar-refractivity contribution is 8.00. The van der Waals surface area contributed by atoms with Crippen LogP contribution in [-0.4, -0.2) is 68.4 Å². The highest BCUT2D eigenvalue weighted by Gasteiger charge is 2.49. The lowest BCUT2D eigenvalue weighted by molar-refractivity contribution is -0.141. The second kappa shape index (κ2) is 6.04. The van der Waals surface area contributed by atoms with Crippen molar-refractivity contribution in [1.29, 1.82) is 0 Å². The van der Waals surface area contributed by atoms with Crippen molar-refractivity contribution in [2.45, 2.75) is 49.6 Å². The number of carbonyl (C=O) groups excluding carboxylic acids is 1. The maximum atomic E-state index is 12.9. The van der Waals surface area contributed by atoms with Crippen LogP contribution in [0.3, 0.4) is 0 Å². The monoisotopic (exact) mass is 314 g/mol. The van der Waals surface area contributed by atoms with E-state index in [0.29, 0.717) is 18.2 Å². The first-order valence-corrected chi connectivity index (χ1v) is 8.72. The molecule has 2 amide bonds. The van der Waals surface area contributed by atoms with Gasteiger partial charge in [-0.1, -0.05) is 0 Å². The fourth-order valence-corrected chi connectivity index (χ4v) is 4.72. The molecule has 3 rings (SSSR count). The molecule has 0 aromatic rings. The summed E-state index contributed by atoms with van der Waals surface area (Å²) in [5, 5.41) is 18.6. The van der Waals surface area contributed by atoms with E-state index >= 15 is 0 Å². The van der Waals surface area contributed by atoms with Crippen LogP contribution < -0.4 is 0 Å². The van der Waals surface area contributed by atoms with Crippen LogP contribution >= 0.6 is 11.8 Å². The lowest BCUT2D eigenvalue weighted by Crippen LogP contribution is -2.56. The number of hydrogen-bond donors (Lipinski definition) is 2. The maximum absolute atomic E-state index is 12.9. The molecule has 1 aliphatic heterocycles. The third-order valence-corrected chi connectivity index (χ3v) is 6.13. The fraction of sp³-hybridized carbons (Fsp3) is 0.857. The third kappa shape index (κ3) is 2.85. The largest absolute Gasteiger partial charge is 0.480 e. The molecular formula is C14H22N2O4S. The summed E-state index contributed by atoms with van der Waals surface area (Å²) < 4.78 is 0. The Morgan fingerprint density at radius 2 is 1.95 bits per heavy atom. The number of amides is 2. The topological polar surface area (TPSA) is 81.1 Å². The number of nitrogens with zero attached hydrogens (tertiary/aromatic N) is 2. The van der Waals surface area contributed by atoms with Crippen molar-refractivity contribution in [3.8, 4) is 0 Å². The predicted octanol–water partition coefficient (Wildman–Crippen LogP) is 1.19. The van der Waals surface area contributed by atoms with Crippen molar-refractivity contribution >= 4 is 23.8 Å². The maximum Gasteiger partial charge on any atom is 0.327 e. The molecule has 0 aromatic heterocycles. The van der Waals surface area contributed by atoms with Crippen LogP contribution in [0, 0.1) is 5.92 Å². The van der Waals surface area contributed by atoms with Gasteiger partial charge in [0.15, 0.2) is 0 Å². The van der Waals surface area contributed by atoms with E-state index in [2.05, 4.69) is 0 Å². The second-order valence-corrected chi connectivity index (χ2v) is 7.26. The van der Waals surface area contributed by atoms with Crippen LogP contribution in [0.4, 0.5) is 4.79 Å². The number of carboxylic acids is 1. The van der Waals surface area contributed by atoms with E-state index in [1.54, 1.807) is 21.6 Å². The number of thioether (sulfide) groups is 1.